The van der Waals surface area contributed by atoms with E-state index in [9.17, 15) is 22.4 Å². The normalized spacial score (nSPS) is 23.3. The smallest absolute Gasteiger partial charge is 0.295 e. The zero-order valence-electron chi connectivity index (χ0n) is 19.4. The van der Waals surface area contributed by atoms with Gasteiger partial charge >= 0.3 is 0 Å². The summed E-state index contributed by atoms with van der Waals surface area (Å²) >= 11 is 0. The molecule has 0 N–H and O–H groups in total. The molecule has 3 aromatic heterocycles. The largest absolute Gasteiger partial charge is 0.373 e. The first-order chi connectivity index (χ1) is 16.6. The number of alkyl halides is 4. The van der Waals surface area contributed by atoms with E-state index in [1.54, 1.807) is 10.9 Å². The zero-order valence-corrected chi connectivity index (χ0v) is 19.4. The third-order valence-corrected chi connectivity index (χ3v) is 7.05. The van der Waals surface area contributed by atoms with Gasteiger partial charge in [0.2, 0.25) is 5.92 Å². The number of hydrogen-bond acceptors (Lipinski definition) is 6. The fourth-order valence-corrected chi connectivity index (χ4v) is 5.05. The molecule has 1 aliphatic heterocycles. The molecule has 1 saturated heterocycles. The lowest BCUT2D eigenvalue weighted by molar-refractivity contribution is -0.0384. The Balaban J connectivity index is 1.60. The Morgan fingerprint density at radius 2 is 1.80 bits per heavy atom. The van der Waals surface area contributed by atoms with Crippen LogP contribution in [0.5, 0.6) is 0 Å². The van der Waals surface area contributed by atoms with Crippen LogP contribution < -0.4 is 5.56 Å². The molecular formula is C23H26F4N6O2. The van der Waals surface area contributed by atoms with Crippen molar-refractivity contribution in [2.75, 3.05) is 6.61 Å². The highest BCUT2D eigenvalue weighted by molar-refractivity contribution is 5.76. The lowest BCUT2D eigenvalue weighted by Gasteiger charge is -2.30. The van der Waals surface area contributed by atoms with Crippen LogP contribution in [0.2, 0.25) is 0 Å². The Morgan fingerprint density at radius 3 is 2.46 bits per heavy atom. The molecule has 2 atom stereocenters. The van der Waals surface area contributed by atoms with Crippen molar-refractivity contribution in [2.45, 2.75) is 68.8 Å². The van der Waals surface area contributed by atoms with Crippen molar-refractivity contribution < 1.29 is 22.3 Å². The molecule has 0 bridgehead atoms. The molecule has 5 rings (SSSR count). The van der Waals surface area contributed by atoms with Crippen LogP contribution in [0.15, 0.2) is 17.2 Å². The quantitative estimate of drug-likeness (QED) is 0.502. The number of fused-ring (bicyclic) bond motifs is 1. The van der Waals surface area contributed by atoms with E-state index in [1.165, 1.54) is 7.05 Å². The number of aromatic nitrogens is 6. The van der Waals surface area contributed by atoms with E-state index >= 15 is 0 Å². The van der Waals surface area contributed by atoms with Gasteiger partial charge in [-0.1, -0.05) is 0 Å². The molecule has 188 valence electrons. The second-order valence-corrected chi connectivity index (χ2v) is 9.46. The van der Waals surface area contributed by atoms with Crippen molar-refractivity contribution in [1.82, 2.24) is 29.3 Å². The molecular weight excluding hydrogens is 468 g/mol. The highest BCUT2D eigenvalue weighted by Crippen LogP contribution is 2.43. The predicted octanol–water partition coefficient (Wildman–Crippen LogP) is 4.32. The monoisotopic (exact) mass is 494 g/mol. The summed E-state index contributed by atoms with van der Waals surface area (Å²) in [6.07, 6.45) is 1.14. The summed E-state index contributed by atoms with van der Waals surface area (Å²) < 4.78 is 63.3. The Bertz CT molecular complexity index is 1300. The average molecular weight is 494 g/mol. The molecule has 1 aliphatic carbocycles. The van der Waals surface area contributed by atoms with Crippen LogP contribution in [0.4, 0.5) is 17.6 Å². The minimum atomic E-state index is -2.98. The molecule has 35 heavy (non-hydrogen) atoms. The molecule has 0 aromatic carbocycles. The molecule has 0 unspecified atom stereocenters. The fourth-order valence-electron chi connectivity index (χ4n) is 5.05. The first-order valence-electron chi connectivity index (χ1n) is 11.7. The summed E-state index contributed by atoms with van der Waals surface area (Å²) in [5.74, 6) is -3.65. The van der Waals surface area contributed by atoms with E-state index in [4.69, 9.17) is 9.72 Å². The van der Waals surface area contributed by atoms with Crippen LogP contribution >= 0.6 is 0 Å². The Labute approximate surface area is 198 Å². The van der Waals surface area contributed by atoms with E-state index < -0.39 is 29.6 Å². The number of hydrogen-bond donors (Lipinski definition) is 0. The van der Waals surface area contributed by atoms with Gasteiger partial charge < -0.3 is 4.74 Å². The lowest BCUT2D eigenvalue weighted by Crippen LogP contribution is -2.28. The van der Waals surface area contributed by atoms with Gasteiger partial charge in [0, 0.05) is 57.1 Å². The molecule has 0 spiro atoms. The minimum absolute atomic E-state index is 0.0155. The molecule has 8 nitrogen and oxygen atoms in total. The van der Waals surface area contributed by atoms with Crippen LogP contribution in [0.25, 0.3) is 11.0 Å². The first kappa shape index (κ1) is 23.8. The Morgan fingerprint density at radius 1 is 1.06 bits per heavy atom. The summed E-state index contributed by atoms with van der Waals surface area (Å²) in [7, 11) is 3.04. The molecule has 0 radical (unpaired) electrons. The standard InChI is InChI=1S/C23H26F4N6O2/c1-32-11-14(10-28-32)15-9-13(5-8-35-15)20-29-16(12-3-6-23(26,27)7-4-12)17-18(30-20)22(34)33(2)21(31-17)19(24)25/h10-13,15,19H,3-9H2,1-2H3/t13-,15+/m0/s1. The Kier molecular flexibility index (Phi) is 6.10. The van der Waals surface area contributed by atoms with Crippen LogP contribution in [0.1, 0.15) is 85.8 Å². The predicted molar refractivity (Wildman–Crippen MR) is 118 cm³/mol. The van der Waals surface area contributed by atoms with Gasteiger partial charge in [0.05, 0.1) is 18.0 Å². The molecule has 4 heterocycles. The average Bonchev–Trinajstić information content (AvgIpc) is 3.27. The second-order valence-electron chi connectivity index (χ2n) is 9.46. The maximum Gasteiger partial charge on any atom is 0.295 e. The highest BCUT2D eigenvalue weighted by atomic mass is 19.3. The van der Waals surface area contributed by atoms with Crippen molar-refractivity contribution in [1.29, 1.82) is 0 Å². The summed E-state index contributed by atoms with van der Waals surface area (Å²) in [6, 6.07) is 0. The van der Waals surface area contributed by atoms with Crippen LogP contribution in [-0.4, -0.2) is 41.8 Å². The highest BCUT2D eigenvalue weighted by Gasteiger charge is 2.38. The summed E-state index contributed by atoms with van der Waals surface area (Å²) in [5, 5.41) is 4.19. The number of rotatable bonds is 4. The van der Waals surface area contributed by atoms with E-state index in [-0.39, 0.29) is 48.7 Å². The molecule has 12 heteroatoms. The Hall–Kier alpha value is -2.89. The van der Waals surface area contributed by atoms with E-state index in [2.05, 4.69) is 15.1 Å². The number of aryl methyl sites for hydroxylation is 1. The van der Waals surface area contributed by atoms with Gasteiger partial charge in [-0.3, -0.25) is 14.0 Å². The van der Waals surface area contributed by atoms with Gasteiger partial charge in [0.15, 0.2) is 11.3 Å². The van der Waals surface area contributed by atoms with Crippen molar-refractivity contribution in [3.05, 3.63) is 45.7 Å². The number of halogens is 4. The third kappa shape index (κ3) is 4.55. The first-order valence-corrected chi connectivity index (χ1v) is 11.7. The summed E-state index contributed by atoms with van der Waals surface area (Å²) in [6.45, 7) is 0.442. The van der Waals surface area contributed by atoms with Gasteiger partial charge in [-0.2, -0.15) is 5.10 Å². The van der Waals surface area contributed by atoms with Crippen LogP contribution in [0.3, 0.4) is 0 Å². The molecule has 2 fully saturated rings. The van der Waals surface area contributed by atoms with Gasteiger partial charge in [-0.15, -0.1) is 0 Å². The molecule has 2 aliphatic rings. The van der Waals surface area contributed by atoms with Gasteiger partial charge in [0.25, 0.3) is 12.0 Å². The molecule has 1 saturated carbocycles. The van der Waals surface area contributed by atoms with Crippen LogP contribution in [0, 0.1) is 0 Å². The van der Waals surface area contributed by atoms with Gasteiger partial charge in [-0.05, 0) is 25.7 Å². The van der Waals surface area contributed by atoms with Crippen LogP contribution in [-0.2, 0) is 18.8 Å². The van der Waals surface area contributed by atoms with Crippen molar-refractivity contribution in [2.24, 2.45) is 14.1 Å². The van der Waals surface area contributed by atoms with Crippen molar-refractivity contribution in [3.8, 4) is 0 Å². The maximum absolute atomic E-state index is 13.8. The SMILES string of the molecule is Cn1cc([C@H]2C[C@@H](c3nc(C4CCC(F)(F)CC4)c4nc(C(F)F)n(C)c(=O)c4n3)CCO2)cn1. The van der Waals surface area contributed by atoms with E-state index in [0.717, 1.165) is 10.1 Å². The maximum atomic E-state index is 13.8. The fraction of sp³-hybridized carbons (Fsp3) is 0.609. The zero-order chi connectivity index (χ0) is 24.9. The van der Waals surface area contributed by atoms with E-state index in [0.29, 0.717) is 31.0 Å². The van der Waals surface area contributed by atoms with Crippen molar-refractivity contribution in [3.63, 3.8) is 0 Å². The topological polar surface area (TPSA) is 87.7 Å². The lowest BCUT2D eigenvalue weighted by atomic mass is 9.84. The molecule has 0 amide bonds. The minimum Gasteiger partial charge on any atom is -0.373 e. The summed E-state index contributed by atoms with van der Waals surface area (Å²) in [5.41, 5.74) is 0.445. The summed E-state index contributed by atoms with van der Waals surface area (Å²) in [4.78, 5) is 26.3. The molecule has 3 aromatic rings. The number of ether oxygens (including phenoxy) is 1. The van der Waals surface area contributed by atoms with E-state index in [1.807, 2.05) is 13.2 Å². The number of nitrogens with zero attached hydrogens (tertiary/aromatic N) is 6. The van der Waals surface area contributed by atoms with Gasteiger partial charge in [0.1, 0.15) is 11.3 Å². The van der Waals surface area contributed by atoms with Crippen molar-refractivity contribution >= 4 is 11.0 Å². The van der Waals surface area contributed by atoms with Gasteiger partial charge in [-0.25, -0.2) is 32.5 Å². The third-order valence-electron chi connectivity index (χ3n) is 7.05. The second kappa shape index (κ2) is 8.96.